The van der Waals surface area contributed by atoms with E-state index in [-0.39, 0.29) is 11.3 Å². The number of likely N-dealkylation sites (N-methyl/N-ethyl adjacent to an activating group) is 1. The average molecular weight is 332 g/mol. The van der Waals surface area contributed by atoms with E-state index in [2.05, 4.69) is 73.3 Å². The second kappa shape index (κ2) is 8.63. The van der Waals surface area contributed by atoms with Crippen LogP contribution in [0.1, 0.15) is 45.2 Å². The summed E-state index contributed by atoms with van der Waals surface area (Å²) < 4.78 is 0. The van der Waals surface area contributed by atoms with Gasteiger partial charge in [0.05, 0.1) is 0 Å². The molecule has 1 aromatic rings. The highest BCUT2D eigenvalue weighted by molar-refractivity contribution is 5.76. The Balaban J connectivity index is 1.81. The van der Waals surface area contributed by atoms with Crippen molar-refractivity contribution in [1.29, 1.82) is 0 Å². The van der Waals surface area contributed by atoms with Crippen molar-refractivity contribution in [2.24, 2.45) is 5.41 Å². The zero-order chi connectivity index (χ0) is 17.6. The highest BCUT2D eigenvalue weighted by Gasteiger charge is 2.26. The fourth-order valence-corrected chi connectivity index (χ4v) is 3.27. The molecule has 1 N–H and O–H groups in total. The highest BCUT2D eigenvalue weighted by atomic mass is 16.1. The Labute approximate surface area is 147 Å². The smallest absolute Gasteiger partial charge is 0.220 e. The van der Waals surface area contributed by atoms with E-state index in [1.807, 2.05) is 0 Å². The van der Waals surface area contributed by atoms with Gasteiger partial charge in [-0.3, -0.25) is 9.69 Å². The van der Waals surface area contributed by atoms with Crippen LogP contribution in [-0.2, 0) is 4.79 Å². The van der Waals surface area contributed by atoms with Crippen molar-refractivity contribution in [3.8, 4) is 0 Å². The first-order chi connectivity index (χ1) is 11.3. The molecule has 0 radical (unpaired) electrons. The average Bonchev–Trinajstić information content (AvgIpc) is 2.52. The summed E-state index contributed by atoms with van der Waals surface area (Å²) in [5.74, 6) is 0.167. The van der Waals surface area contributed by atoms with Gasteiger partial charge >= 0.3 is 0 Å². The Hall–Kier alpha value is -1.39. The van der Waals surface area contributed by atoms with Gasteiger partial charge in [-0.05, 0) is 24.4 Å². The van der Waals surface area contributed by atoms with Crippen LogP contribution < -0.4 is 5.32 Å². The number of carbonyl (C=O) groups is 1. The summed E-state index contributed by atoms with van der Waals surface area (Å²) in [7, 11) is 2.19. The van der Waals surface area contributed by atoms with Gasteiger partial charge in [0.2, 0.25) is 5.91 Å². The number of hydrogen-bond acceptors (Lipinski definition) is 3. The summed E-state index contributed by atoms with van der Waals surface area (Å²) >= 11 is 0. The molecular formula is C20H33N3O. The molecule has 2 rings (SSSR count). The Kier molecular flexibility index (Phi) is 6.81. The number of carbonyl (C=O) groups excluding carboxylic acids is 1. The van der Waals surface area contributed by atoms with Gasteiger partial charge < -0.3 is 10.2 Å². The molecule has 1 aliphatic rings. The third-order valence-corrected chi connectivity index (χ3v) is 4.51. The molecule has 134 valence electrons. The van der Waals surface area contributed by atoms with Crippen molar-refractivity contribution in [2.75, 3.05) is 39.8 Å². The molecule has 4 heteroatoms. The van der Waals surface area contributed by atoms with Gasteiger partial charge in [-0.2, -0.15) is 0 Å². The number of hydrogen-bond donors (Lipinski definition) is 1. The molecule has 1 heterocycles. The Morgan fingerprint density at radius 1 is 1.21 bits per heavy atom. The third-order valence-electron chi connectivity index (χ3n) is 4.51. The Bertz CT molecular complexity index is 509. The first kappa shape index (κ1) is 18.9. The van der Waals surface area contributed by atoms with Crippen LogP contribution >= 0.6 is 0 Å². The lowest BCUT2D eigenvalue weighted by molar-refractivity contribution is -0.122. The summed E-state index contributed by atoms with van der Waals surface area (Å²) in [4.78, 5) is 16.9. The maximum atomic E-state index is 11.9. The number of benzene rings is 1. The van der Waals surface area contributed by atoms with Crippen LogP contribution in [0.4, 0.5) is 0 Å². The number of nitrogens with zero attached hydrogens (tertiary/aromatic N) is 2. The van der Waals surface area contributed by atoms with Gasteiger partial charge in [-0.25, -0.2) is 0 Å². The summed E-state index contributed by atoms with van der Waals surface area (Å²) in [5, 5.41) is 3.07. The van der Waals surface area contributed by atoms with Crippen LogP contribution in [0, 0.1) is 5.41 Å². The van der Waals surface area contributed by atoms with E-state index in [4.69, 9.17) is 0 Å². The molecule has 1 aromatic carbocycles. The predicted molar refractivity (Wildman–Crippen MR) is 100.0 cm³/mol. The minimum absolute atomic E-state index is 0.0555. The van der Waals surface area contributed by atoms with Gasteiger partial charge in [0.15, 0.2) is 0 Å². The van der Waals surface area contributed by atoms with E-state index in [1.54, 1.807) is 0 Å². The summed E-state index contributed by atoms with van der Waals surface area (Å²) in [6, 6.07) is 11.2. The normalized spacial score (nSPS) is 20.1. The zero-order valence-corrected chi connectivity index (χ0v) is 15.7. The van der Waals surface area contributed by atoms with Crippen molar-refractivity contribution in [2.45, 2.75) is 39.7 Å². The lowest BCUT2D eigenvalue weighted by Crippen LogP contribution is -2.47. The highest BCUT2D eigenvalue weighted by Crippen LogP contribution is 2.24. The Morgan fingerprint density at radius 2 is 1.92 bits per heavy atom. The molecule has 0 saturated carbocycles. The van der Waals surface area contributed by atoms with E-state index < -0.39 is 0 Å². The van der Waals surface area contributed by atoms with E-state index >= 15 is 0 Å². The van der Waals surface area contributed by atoms with Gasteiger partial charge in [0, 0.05) is 45.2 Å². The SMILES string of the molecule is CN1CCN(CCCNC(=O)CC(C)(C)C)C(c2ccccc2)C1. The second-order valence-electron chi connectivity index (χ2n) is 8.17. The molecule has 1 amide bonds. The van der Waals surface area contributed by atoms with Crippen LogP contribution in [0.25, 0.3) is 0 Å². The maximum absolute atomic E-state index is 11.9. The molecule has 0 bridgehead atoms. The van der Waals surface area contributed by atoms with Crippen LogP contribution in [0.2, 0.25) is 0 Å². The van der Waals surface area contributed by atoms with Gasteiger partial charge in [-0.15, -0.1) is 0 Å². The lowest BCUT2D eigenvalue weighted by Gasteiger charge is -2.40. The molecule has 1 aliphatic heterocycles. The summed E-state index contributed by atoms with van der Waals surface area (Å²) in [6.45, 7) is 11.4. The Morgan fingerprint density at radius 3 is 2.58 bits per heavy atom. The van der Waals surface area contributed by atoms with Crippen molar-refractivity contribution in [3.05, 3.63) is 35.9 Å². The first-order valence-corrected chi connectivity index (χ1v) is 9.09. The van der Waals surface area contributed by atoms with Crippen molar-refractivity contribution >= 4 is 5.91 Å². The van der Waals surface area contributed by atoms with E-state index in [0.717, 1.165) is 39.1 Å². The molecule has 0 aromatic heterocycles. The van der Waals surface area contributed by atoms with Crippen LogP contribution in [0.15, 0.2) is 30.3 Å². The molecule has 1 unspecified atom stereocenters. The standard InChI is InChI=1S/C20H33N3O/c1-20(2,3)15-19(24)21-11-8-12-23-14-13-22(4)16-18(23)17-9-6-5-7-10-17/h5-7,9-10,18H,8,11-16H2,1-4H3,(H,21,24). The molecule has 1 fully saturated rings. The van der Waals surface area contributed by atoms with Gasteiger partial charge in [0.1, 0.15) is 0 Å². The number of nitrogens with one attached hydrogen (secondary N) is 1. The van der Waals surface area contributed by atoms with E-state index in [1.165, 1.54) is 5.56 Å². The van der Waals surface area contributed by atoms with Gasteiger partial charge in [0.25, 0.3) is 0 Å². The fraction of sp³-hybridized carbons (Fsp3) is 0.650. The molecule has 24 heavy (non-hydrogen) atoms. The zero-order valence-electron chi connectivity index (χ0n) is 15.7. The van der Waals surface area contributed by atoms with Gasteiger partial charge in [-0.1, -0.05) is 51.1 Å². The maximum Gasteiger partial charge on any atom is 0.220 e. The molecule has 4 nitrogen and oxygen atoms in total. The molecular weight excluding hydrogens is 298 g/mol. The number of amides is 1. The fourth-order valence-electron chi connectivity index (χ4n) is 3.27. The molecule has 1 saturated heterocycles. The van der Waals surface area contributed by atoms with Crippen molar-refractivity contribution in [3.63, 3.8) is 0 Å². The summed E-state index contributed by atoms with van der Waals surface area (Å²) in [6.07, 6.45) is 1.59. The topological polar surface area (TPSA) is 35.6 Å². The van der Waals surface area contributed by atoms with E-state index in [0.29, 0.717) is 12.5 Å². The molecule has 0 aliphatic carbocycles. The number of piperazine rings is 1. The number of rotatable bonds is 6. The minimum atomic E-state index is 0.0555. The first-order valence-electron chi connectivity index (χ1n) is 9.09. The molecule has 1 atom stereocenters. The van der Waals surface area contributed by atoms with Crippen molar-refractivity contribution in [1.82, 2.24) is 15.1 Å². The van der Waals surface area contributed by atoms with Crippen molar-refractivity contribution < 1.29 is 4.79 Å². The largest absolute Gasteiger partial charge is 0.356 e. The van der Waals surface area contributed by atoms with E-state index in [9.17, 15) is 4.79 Å². The predicted octanol–water partition coefficient (Wildman–Crippen LogP) is 2.92. The van der Waals surface area contributed by atoms with Crippen LogP contribution in [0.5, 0.6) is 0 Å². The molecule has 0 spiro atoms. The lowest BCUT2D eigenvalue weighted by atomic mass is 9.92. The second-order valence-corrected chi connectivity index (χ2v) is 8.17. The third kappa shape index (κ3) is 6.25. The van der Waals surface area contributed by atoms with Crippen LogP contribution in [-0.4, -0.2) is 55.5 Å². The summed E-state index contributed by atoms with van der Waals surface area (Å²) in [5.41, 5.74) is 1.45. The quantitative estimate of drug-likeness (QED) is 0.814. The van der Waals surface area contributed by atoms with Crippen LogP contribution in [0.3, 0.4) is 0 Å². The monoisotopic (exact) mass is 331 g/mol. The minimum Gasteiger partial charge on any atom is -0.356 e.